The molecule has 0 atom stereocenters. The van der Waals surface area contributed by atoms with Crippen LogP contribution in [0.2, 0.25) is 0 Å². The molecule has 0 unspecified atom stereocenters. The minimum absolute atomic E-state index is 0.00352. The van der Waals surface area contributed by atoms with Crippen LogP contribution in [-0.2, 0) is 10.0 Å². The topological polar surface area (TPSA) is 52.0 Å². The van der Waals surface area contributed by atoms with Gasteiger partial charge in [0.1, 0.15) is 11.6 Å². The standard InChI is InChI=1S/C20H14F2N2O2S/c1-13-7-5-12-17-19(13)23-20(18-15(21)10-6-11-16(18)22)24(17)27(25,26)14-8-3-2-4-9-14/h2-12H,1H3. The summed E-state index contributed by atoms with van der Waals surface area (Å²) in [6.07, 6.45) is 0. The summed E-state index contributed by atoms with van der Waals surface area (Å²) >= 11 is 0. The Morgan fingerprint density at radius 3 is 2.15 bits per heavy atom. The lowest BCUT2D eigenvalue weighted by Crippen LogP contribution is -2.15. The van der Waals surface area contributed by atoms with E-state index in [9.17, 15) is 17.2 Å². The Bertz CT molecular complexity index is 1250. The first-order valence-corrected chi connectivity index (χ1v) is 9.58. The average molecular weight is 384 g/mol. The van der Waals surface area contributed by atoms with Crippen molar-refractivity contribution >= 4 is 21.1 Å². The number of imidazole rings is 1. The summed E-state index contributed by atoms with van der Waals surface area (Å²) in [6.45, 7) is 1.76. The molecule has 4 nitrogen and oxygen atoms in total. The van der Waals surface area contributed by atoms with Crippen LogP contribution in [0.25, 0.3) is 22.4 Å². The number of rotatable bonds is 3. The van der Waals surface area contributed by atoms with Crippen LogP contribution in [-0.4, -0.2) is 17.4 Å². The lowest BCUT2D eigenvalue weighted by Gasteiger charge is -2.11. The Morgan fingerprint density at radius 2 is 1.48 bits per heavy atom. The Balaban J connectivity index is 2.16. The SMILES string of the molecule is Cc1cccc2c1nc(-c1c(F)cccc1F)n2S(=O)(=O)c1ccccc1. The molecule has 0 aliphatic rings. The number of benzene rings is 3. The molecular weight excluding hydrogens is 370 g/mol. The van der Waals surface area contributed by atoms with Gasteiger partial charge in [0.05, 0.1) is 21.5 Å². The predicted molar refractivity (Wildman–Crippen MR) is 98.8 cm³/mol. The molecule has 4 aromatic rings. The number of hydrogen-bond acceptors (Lipinski definition) is 3. The maximum Gasteiger partial charge on any atom is 0.269 e. The van der Waals surface area contributed by atoms with Crippen molar-refractivity contribution in [1.29, 1.82) is 0 Å². The number of halogens is 2. The first kappa shape index (κ1) is 17.4. The van der Waals surface area contributed by atoms with Gasteiger partial charge in [-0.1, -0.05) is 36.4 Å². The molecule has 0 aliphatic carbocycles. The molecule has 0 radical (unpaired) electrons. The van der Waals surface area contributed by atoms with Crippen molar-refractivity contribution in [3.05, 3.63) is 83.9 Å². The monoisotopic (exact) mass is 384 g/mol. The second-order valence-corrected chi connectivity index (χ2v) is 7.84. The summed E-state index contributed by atoms with van der Waals surface area (Å²) in [5.74, 6) is -2.06. The van der Waals surface area contributed by atoms with Crippen molar-refractivity contribution in [2.45, 2.75) is 11.8 Å². The third kappa shape index (κ3) is 2.71. The van der Waals surface area contributed by atoms with Crippen molar-refractivity contribution < 1.29 is 17.2 Å². The molecule has 0 spiro atoms. The third-order valence-electron chi connectivity index (χ3n) is 4.31. The highest BCUT2D eigenvalue weighted by Crippen LogP contribution is 2.33. The molecule has 0 amide bonds. The zero-order valence-corrected chi connectivity index (χ0v) is 15.0. The van der Waals surface area contributed by atoms with E-state index in [0.29, 0.717) is 11.1 Å². The minimum Gasteiger partial charge on any atom is -0.227 e. The van der Waals surface area contributed by atoms with Gasteiger partial charge in [0.15, 0.2) is 5.82 Å². The Labute approximate surface area is 154 Å². The lowest BCUT2D eigenvalue weighted by molar-refractivity contribution is 0.582. The summed E-state index contributed by atoms with van der Waals surface area (Å²) in [6, 6.07) is 16.1. The molecule has 7 heteroatoms. The van der Waals surface area contributed by atoms with E-state index >= 15 is 0 Å². The minimum atomic E-state index is -4.13. The zero-order chi connectivity index (χ0) is 19.2. The lowest BCUT2D eigenvalue weighted by atomic mass is 10.2. The van der Waals surface area contributed by atoms with Crippen LogP contribution in [0, 0.1) is 18.6 Å². The van der Waals surface area contributed by atoms with Gasteiger partial charge in [-0.15, -0.1) is 0 Å². The van der Waals surface area contributed by atoms with E-state index in [2.05, 4.69) is 4.98 Å². The summed E-state index contributed by atoms with van der Waals surface area (Å²) in [4.78, 5) is 4.30. The smallest absolute Gasteiger partial charge is 0.227 e. The number of nitrogens with zero attached hydrogens (tertiary/aromatic N) is 2. The number of aromatic nitrogens is 2. The van der Waals surface area contributed by atoms with E-state index < -0.39 is 27.2 Å². The molecule has 27 heavy (non-hydrogen) atoms. The van der Waals surface area contributed by atoms with Gasteiger partial charge in [0, 0.05) is 0 Å². The van der Waals surface area contributed by atoms with Crippen LogP contribution in [0.15, 0.2) is 71.6 Å². The van der Waals surface area contributed by atoms with Crippen molar-refractivity contribution in [3.8, 4) is 11.4 Å². The van der Waals surface area contributed by atoms with Crippen LogP contribution in [0.3, 0.4) is 0 Å². The first-order chi connectivity index (χ1) is 12.9. The van der Waals surface area contributed by atoms with E-state index in [-0.39, 0.29) is 16.2 Å². The van der Waals surface area contributed by atoms with Gasteiger partial charge in [-0.05, 0) is 42.8 Å². The van der Waals surface area contributed by atoms with Crippen molar-refractivity contribution in [1.82, 2.24) is 8.96 Å². The molecule has 0 aliphatic heterocycles. The highest BCUT2D eigenvalue weighted by Gasteiger charge is 2.28. The number of para-hydroxylation sites is 1. The van der Waals surface area contributed by atoms with Crippen molar-refractivity contribution in [2.24, 2.45) is 0 Å². The van der Waals surface area contributed by atoms with Gasteiger partial charge in [0.25, 0.3) is 10.0 Å². The van der Waals surface area contributed by atoms with E-state index in [1.165, 1.54) is 18.2 Å². The Morgan fingerprint density at radius 1 is 0.852 bits per heavy atom. The molecule has 1 heterocycles. The van der Waals surface area contributed by atoms with Gasteiger partial charge in [0.2, 0.25) is 0 Å². The molecule has 0 N–H and O–H groups in total. The van der Waals surface area contributed by atoms with E-state index in [4.69, 9.17) is 0 Å². The molecule has 0 saturated carbocycles. The van der Waals surface area contributed by atoms with Gasteiger partial charge in [-0.3, -0.25) is 0 Å². The van der Waals surface area contributed by atoms with Crippen LogP contribution in [0.5, 0.6) is 0 Å². The Kier molecular flexibility index (Phi) is 4.04. The fourth-order valence-corrected chi connectivity index (χ4v) is 4.51. The summed E-state index contributed by atoms with van der Waals surface area (Å²) in [5, 5.41) is 0. The van der Waals surface area contributed by atoms with Gasteiger partial charge >= 0.3 is 0 Å². The number of aryl methyl sites for hydroxylation is 1. The highest BCUT2D eigenvalue weighted by atomic mass is 32.2. The first-order valence-electron chi connectivity index (χ1n) is 8.14. The largest absolute Gasteiger partial charge is 0.269 e. The maximum atomic E-state index is 14.4. The normalized spacial score (nSPS) is 11.8. The van der Waals surface area contributed by atoms with Gasteiger partial charge in [-0.25, -0.2) is 26.2 Å². The second kappa shape index (κ2) is 6.28. The molecular formula is C20H14F2N2O2S. The number of hydrogen-bond donors (Lipinski definition) is 0. The van der Waals surface area contributed by atoms with Crippen molar-refractivity contribution in [3.63, 3.8) is 0 Å². The summed E-state index contributed by atoms with van der Waals surface area (Å²) in [7, 11) is -4.13. The average Bonchev–Trinajstić information content (AvgIpc) is 3.03. The van der Waals surface area contributed by atoms with E-state index in [1.54, 1.807) is 43.3 Å². The third-order valence-corrected chi connectivity index (χ3v) is 6.03. The molecule has 1 aromatic heterocycles. The fraction of sp³-hybridized carbons (Fsp3) is 0.0500. The van der Waals surface area contributed by atoms with Gasteiger partial charge < -0.3 is 0 Å². The number of fused-ring (bicyclic) bond motifs is 1. The van der Waals surface area contributed by atoms with Crippen LogP contribution >= 0.6 is 0 Å². The molecule has 136 valence electrons. The van der Waals surface area contributed by atoms with E-state index in [1.807, 2.05) is 0 Å². The summed E-state index contributed by atoms with van der Waals surface area (Å²) in [5.41, 5.74) is 0.853. The molecule has 0 fully saturated rings. The Hall–Kier alpha value is -3.06. The quantitative estimate of drug-likeness (QED) is 0.522. The highest BCUT2D eigenvalue weighted by molar-refractivity contribution is 7.90. The molecule has 3 aromatic carbocycles. The summed E-state index contributed by atoms with van der Waals surface area (Å²) < 4.78 is 56.4. The maximum absolute atomic E-state index is 14.4. The molecule has 0 saturated heterocycles. The van der Waals surface area contributed by atoms with Crippen molar-refractivity contribution in [2.75, 3.05) is 0 Å². The van der Waals surface area contributed by atoms with Crippen LogP contribution < -0.4 is 0 Å². The molecule has 0 bridgehead atoms. The molecule has 4 rings (SSSR count). The zero-order valence-electron chi connectivity index (χ0n) is 14.2. The van der Waals surface area contributed by atoms with Crippen LogP contribution in [0.4, 0.5) is 8.78 Å². The van der Waals surface area contributed by atoms with E-state index in [0.717, 1.165) is 16.1 Å². The fourth-order valence-electron chi connectivity index (χ4n) is 3.03. The predicted octanol–water partition coefficient (Wildman–Crippen LogP) is 4.53. The van der Waals surface area contributed by atoms with Crippen LogP contribution in [0.1, 0.15) is 5.56 Å². The second-order valence-electron chi connectivity index (χ2n) is 6.06. The van der Waals surface area contributed by atoms with Gasteiger partial charge in [-0.2, -0.15) is 0 Å².